The van der Waals surface area contributed by atoms with E-state index in [1.54, 1.807) is 0 Å². The molecule has 2 heterocycles. The van der Waals surface area contributed by atoms with Gasteiger partial charge in [-0.2, -0.15) is 0 Å². The van der Waals surface area contributed by atoms with Crippen LogP contribution in [0, 0.1) is 0 Å². The molecule has 4 rings (SSSR count). The Morgan fingerprint density at radius 2 is 2.00 bits per heavy atom. The third-order valence-corrected chi connectivity index (χ3v) is 4.32. The average molecular weight is 346 g/mol. The number of nitrogens with zero attached hydrogens (tertiary/aromatic N) is 1. The highest BCUT2D eigenvalue weighted by atomic mass is 79.9. The summed E-state index contributed by atoms with van der Waals surface area (Å²) in [6, 6.07) is 16.0. The second-order valence-electron chi connectivity index (χ2n) is 5.25. The van der Waals surface area contributed by atoms with Gasteiger partial charge in [0.2, 0.25) is 0 Å². The quantitative estimate of drug-likeness (QED) is 0.570. The molecule has 2 nitrogen and oxygen atoms in total. The van der Waals surface area contributed by atoms with E-state index >= 15 is 0 Å². The number of aromatic nitrogens is 1. The van der Waals surface area contributed by atoms with Crippen LogP contribution in [0.1, 0.15) is 0 Å². The normalized spacial score (nSPS) is 17.5. The first-order valence-corrected chi connectivity index (χ1v) is 7.67. The first-order valence-electron chi connectivity index (χ1n) is 6.87. The van der Waals surface area contributed by atoms with Gasteiger partial charge < -0.3 is 9.30 Å². The van der Waals surface area contributed by atoms with Gasteiger partial charge in [0.15, 0.2) is 6.17 Å². The molecular weight excluding hydrogens is 333 g/mol. The number of hydrogen-bond donors (Lipinski definition) is 0. The first-order chi connectivity index (χ1) is 10.2. The van der Waals surface area contributed by atoms with Crippen molar-refractivity contribution in [3.05, 3.63) is 53.0 Å². The fourth-order valence-electron chi connectivity index (χ4n) is 2.89. The van der Waals surface area contributed by atoms with Crippen LogP contribution in [0.2, 0.25) is 0 Å². The van der Waals surface area contributed by atoms with Gasteiger partial charge in [-0.1, -0.05) is 34.1 Å². The Morgan fingerprint density at radius 3 is 2.90 bits per heavy atom. The smallest absolute Gasteiger partial charge is 0.152 e. The minimum atomic E-state index is -1.02. The second kappa shape index (κ2) is 4.88. The van der Waals surface area contributed by atoms with E-state index in [0.29, 0.717) is 6.54 Å². The van der Waals surface area contributed by atoms with Crippen LogP contribution in [-0.2, 0) is 6.54 Å². The Hall–Kier alpha value is -1.81. The Morgan fingerprint density at radius 1 is 1.14 bits per heavy atom. The van der Waals surface area contributed by atoms with E-state index in [0.717, 1.165) is 32.4 Å². The molecular formula is C17H13BrFNO. The fraction of sp³-hybridized carbons (Fsp3) is 0.176. The molecule has 4 heteroatoms. The third kappa shape index (κ3) is 2.14. The average Bonchev–Trinajstić information content (AvgIpc) is 2.83. The zero-order chi connectivity index (χ0) is 14.4. The number of alkyl halides is 1. The Kier molecular flexibility index (Phi) is 3.00. The van der Waals surface area contributed by atoms with Crippen LogP contribution in [0.5, 0.6) is 5.75 Å². The molecule has 21 heavy (non-hydrogen) atoms. The molecule has 1 atom stereocenters. The van der Waals surface area contributed by atoms with Gasteiger partial charge in [0.1, 0.15) is 12.4 Å². The van der Waals surface area contributed by atoms with Gasteiger partial charge in [-0.3, -0.25) is 0 Å². The van der Waals surface area contributed by atoms with Gasteiger partial charge in [0.25, 0.3) is 0 Å². The summed E-state index contributed by atoms with van der Waals surface area (Å²) in [5.41, 5.74) is 3.05. The predicted molar refractivity (Wildman–Crippen MR) is 85.5 cm³/mol. The fourth-order valence-corrected chi connectivity index (χ4v) is 3.25. The Balaban J connectivity index is 2.05. The number of hydrogen-bond acceptors (Lipinski definition) is 1. The number of fused-ring (bicyclic) bond motifs is 5. The maximum absolute atomic E-state index is 14.1. The van der Waals surface area contributed by atoms with Crippen LogP contribution in [0.3, 0.4) is 0 Å². The highest BCUT2D eigenvalue weighted by molar-refractivity contribution is 9.10. The molecule has 0 aliphatic carbocycles. The van der Waals surface area contributed by atoms with Crippen LogP contribution >= 0.6 is 15.9 Å². The minimum Gasteiger partial charge on any atom is -0.490 e. The summed E-state index contributed by atoms with van der Waals surface area (Å²) in [7, 11) is 0. The third-order valence-electron chi connectivity index (χ3n) is 3.83. The van der Waals surface area contributed by atoms with E-state index in [1.807, 2.05) is 41.0 Å². The van der Waals surface area contributed by atoms with Gasteiger partial charge >= 0.3 is 0 Å². The lowest BCUT2D eigenvalue weighted by Gasteiger charge is -2.21. The van der Waals surface area contributed by atoms with E-state index in [1.165, 1.54) is 0 Å². The van der Waals surface area contributed by atoms with Crippen molar-refractivity contribution >= 4 is 26.8 Å². The summed E-state index contributed by atoms with van der Waals surface area (Å²) in [5.74, 6) is 0.726. The van der Waals surface area contributed by atoms with Crippen LogP contribution in [0.15, 0.2) is 53.0 Å². The van der Waals surface area contributed by atoms with Gasteiger partial charge in [-0.05, 0) is 30.3 Å². The van der Waals surface area contributed by atoms with Crippen molar-refractivity contribution in [3.8, 4) is 17.0 Å². The maximum atomic E-state index is 14.1. The topological polar surface area (TPSA) is 14.2 Å². The van der Waals surface area contributed by atoms with E-state index in [9.17, 15) is 4.39 Å². The lowest BCUT2D eigenvalue weighted by atomic mass is 10.1. The molecule has 1 unspecified atom stereocenters. The SMILES string of the molecule is FC1COc2ccc(Br)cc2-c2cc3ccccc3n2C1. The van der Waals surface area contributed by atoms with E-state index in [2.05, 4.69) is 28.1 Å². The van der Waals surface area contributed by atoms with Gasteiger partial charge in [-0.25, -0.2) is 4.39 Å². The molecule has 1 aliphatic heterocycles. The van der Waals surface area contributed by atoms with Crippen molar-refractivity contribution in [1.29, 1.82) is 0 Å². The van der Waals surface area contributed by atoms with Gasteiger partial charge in [-0.15, -0.1) is 0 Å². The molecule has 0 spiro atoms. The largest absolute Gasteiger partial charge is 0.490 e. The summed E-state index contributed by atoms with van der Waals surface area (Å²) in [4.78, 5) is 0. The summed E-state index contributed by atoms with van der Waals surface area (Å²) in [6.45, 7) is 0.398. The number of rotatable bonds is 0. The first kappa shape index (κ1) is 12.9. The molecule has 0 fully saturated rings. The zero-order valence-corrected chi connectivity index (χ0v) is 12.8. The van der Waals surface area contributed by atoms with Gasteiger partial charge in [0.05, 0.1) is 12.2 Å². The molecule has 0 saturated carbocycles. The second-order valence-corrected chi connectivity index (χ2v) is 6.16. The molecule has 0 radical (unpaired) electrons. The lowest BCUT2D eigenvalue weighted by Crippen LogP contribution is -2.22. The van der Waals surface area contributed by atoms with E-state index in [4.69, 9.17) is 4.74 Å². The molecule has 0 N–H and O–H groups in total. The standard InChI is InChI=1S/C17H13BrFNO/c18-12-5-6-17-14(8-12)16-7-11-3-1-2-4-15(11)20(16)9-13(19)10-21-17/h1-8,13H,9-10H2. The lowest BCUT2D eigenvalue weighted by molar-refractivity contribution is 0.177. The Bertz CT molecular complexity index is 827. The minimum absolute atomic E-state index is 0.0839. The highest BCUT2D eigenvalue weighted by Gasteiger charge is 2.21. The molecule has 1 aliphatic rings. The van der Waals surface area contributed by atoms with Crippen molar-refractivity contribution in [1.82, 2.24) is 4.57 Å². The van der Waals surface area contributed by atoms with Crippen molar-refractivity contribution in [2.75, 3.05) is 6.61 Å². The van der Waals surface area contributed by atoms with Crippen molar-refractivity contribution in [3.63, 3.8) is 0 Å². The summed E-state index contributed by atoms with van der Waals surface area (Å²) in [5, 5.41) is 1.12. The van der Waals surface area contributed by atoms with Gasteiger partial charge in [0, 0.05) is 20.9 Å². The zero-order valence-electron chi connectivity index (χ0n) is 11.2. The van der Waals surface area contributed by atoms with Crippen LogP contribution in [-0.4, -0.2) is 17.3 Å². The molecule has 0 amide bonds. The number of halogens is 2. The van der Waals surface area contributed by atoms with Crippen molar-refractivity contribution < 1.29 is 9.13 Å². The predicted octanol–water partition coefficient (Wildman–Crippen LogP) is 4.80. The van der Waals surface area contributed by atoms with Crippen molar-refractivity contribution in [2.45, 2.75) is 12.7 Å². The number of ether oxygens (including phenoxy) is 1. The molecule has 2 aromatic carbocycles. The molecule has 0 bridgehead atoms. The highest BCUT2D eigenvalue weighted by Crippen LogP contribution is 2.37. The summed E-state index contributed by atoms with van der Waals surface area (Å²) < 4.78 is 22.8. The molecule has 0 saturated heterocycles. The van der Waals surface area contributed by atoms with E-state index < -0.39 is 6.17 Å². The van der Waals surface area contributed by atoms with Crippen LogP contribution < -0.4 is 4.74 Å². The van der Waals surface area contributed by atoms with Crippen LogP contribution in [0.4, 0.5) is 4.39 Å². The monoisotopic (exact) mass is 345 g/mol. The Labute approximate surface area is 130 Å². The maximum Gasteiger partial charge on any atom is 0.152 e. The summed E-state index contributed by atoms with van der Waals surface area (Å²) >= 11 is 3.50. The van der Waals surface area contributed by atoms with Crippen molar-refractivity contribution in [2.24, 2.45) is 0 Å². The van der Waals surface area contributed by atoms with Crippen LogP contribution in [0.25, 0.3) is 22.2 Å². The molecule has 3 aromatic rings. The summed E-state index contributed by atoms with van der Waals surface area (Å²) in [6.07, 6.45) is -1.02. The molecule has 1 aromatic heterocycles. The molecule has 106 valence electrons. The number of para-hydroxylation sites is 1. The number of benzene rings is 2. The van der Waals surface area contributed by atoms with E-state index in [-0.39, 0.29) is 6.61 Å².